The third kappa shape index (κ3) is 3.81. The molecule has 3 N–H and O–H groups in total. The zero-order chi connectivity index (χ0) is 13.9. The largest absolute Gasteiger partial charge is 0.393 e. The second-order valence-corrected chi connectivity index (χ2v) is 4.77. The molecule has 106 valence electrons. The van der Waals surface area contributed by atoms with Crippen LogP contribution in [0.25, 0.3) is 0 Å². The maximum absolute atomic E-state index is 12.7. The molecule has 1 aliphatic heterocycles. The van der Waals surface area contributed by atoms with Gasteiger partial charge in [0.05, 0.1) is 11.6 Å². The van der Waals surface area contributed by atoms with Gasteiger partial charge in [0.2, 0.25) is 0 Å². The molecule has 2 heterocycles. The number of alkyl halides is 3. The molecule has 7 heteroatoms. The number of nitrogens with one attached hydrogen (secondary N) is 1. The van der Waals surface area contributed by atoms with Crippen LogP contribution >= 0.6 is 0 Å². The van der Waals surface area contributed by atoms with Crippen LogP contribution < -0.4 is 11.3 Å². The zero-order valence-corrected chi connectivity index (χ0v) is 10.5. The van der Waals surface area contributed by atoms with Gasteiger partial charge >= 0.3 is 6.18 Å². The number of piperidine rings is 1. The van der Waals surface area contributed by atoms with Crippen molar-refractivity contribution in [2.24, 2.45) is 11.8 Å². The summed E-state index contributed by atoms with van der Waals surface area (Å²) in [5, 5.41) is 0. The number of rotatable bonds is 3. The highest BCUT2D eigenvalue weighted by Gasteiger charge is 2.41. The summed E-state index contributed by atoms with van der Waals surface area (Å²) >= 11 is 0. The second kappa shape index (κ2) is 5.75. The minimum atomic E-state index is -4.10. The average Bonchev–Trinajstić information content (AvgIpc) is 2.38. The molecule has 4 nitrogen and oxygen atoms in total. The molecule has 1 unspecified atom stereocenters. The lowest BCUT2D eigenvalue weighted by molar-refractivity contribution is -0.187. The van der Waals surface area contributed by atoms with Crippen molar-refractivity contribution < 1.29 is 13.2 Å². The van der Waals surface area contributed by atoms with Gasteiger partial charge in [-0.3, -0.25) is 4.90 Å². The number of anilines is 1. The molecule has 0 saturated carbocycles. The second-order valence-electron chi connectivity index (χ2n) is 4.77. The molecule has 19 heavy (non-hydrogen) atoms. The summed E-state index contributed by atoms with van der Waals surface area (Å²) in [6.45, 7) is 1.14. The summed E-state index contributed by atoms with van der Waals surface area (Å²) in [5.41, 5.74) is 3.15. The normalized spacial score (nSPS) is 21.4. The molecule has 0 aromatic carbocycles. The standard InChI is InChI=1S/C12H17F3N4/c13-12(14,15)9-3-2-6-19(7-9)8-10-4-1-5-11(17-10)18-16/h1,4-5,9H,2-3,6-8,16H2,(H,17,18). The van der Waals surface area contributed by atoms with Crippen molar-refractivity contribution in [3.8, 4) is 0 Å². The summed E-state index contributed by atoms with van der Waals surface area (Å²) in [6.07, 6.45) is -3.32. The van der Waals surface area contributed by atoms with Crippen LogP contribution in [0.5, 0.6) is 0 Å². The highest BCUT2D eigenvalue weighted by atomic mass is 19.4. The molecule has 1 fully saturated rings. The fraction of sp³-hybridized carbons (Fsp3) is 0.583. The lowest BCUT2D eigenvalue weighted by atomic mass is 9.97. The van der Waals surface area contributed by atoms with Crippen LogP contribution in [0.15, 0.2) is 18.2 Å². The Balaban J connectivity index is 1.98. The first-order chi connectivity index (χ1) is 8.99. The van der Waals surface area contributed by atoms with E-state index in [9.17, 15) is 13.2 Å². The van der Waals surface area contributed by atoms with Crippen molar-refractivity contribution in [2.45, 2.75) is 25.6 Å². The molecular weight excluding hydrogens is 257 g/mol. The van der Waals surface area contributed by atoms with Crippen LogP contribution in [0.1, 0.15) is 18.5 Å². The lowest BCUT2D eigenvalue weighted by Crippen LogP contribution is -2.41. The van der Waals surface area contributed by atoms with E-state index in [0.29, 0.717) is 25.3 Å². The predicted molar refractivity (Wildman–Crippen MR) is 66.1 cm³/mol. The third-order valence-corrected chi connectivity index (χ3v) is 3.31. The molecule has 0 aliphatic carbocycles. The number of nitrogen functional groups attached to an aromatic ring is 1. The van der Waals surface area contributed by atoms with Crippen LogP contribution in [0.4, 0.5) is 19.0 Å². The first kappa shape index (κ1) is 14.1. The van der Waals surface area contributed by atoms with E-state index in [1.165, 1.54) is 0 Å². The van der Waals surface area contributed by atoms with E-state index in [-0.39, 0.29) is 13.0 Å². The van der Waals surface area contributed by atoms with Crippen molar-refractivity contribution in [3.05, 3.63) is 23.9 Å². The summed E-state index contributed by atoms with van der Waals surface area (Å²) in [7, 11) is 0. The molecular formula is C12H17F3N4. The number of likely N-dealkylation sites (tertiary alicyclic amines) is 1. The first-order valence-corrected chi connectivity index (χ1v) is 6.20. The Bertz CT molecular complexity index is 422. The molecule has 1 aromatic rings. The minimum absolute atomic E-state index is 0.0471. The van der Waals surface area contributed by atoms with E-state index in [1.807, 2.05) is 0 Å². The molecule has 1 saturated heterocycles. The van der Waals surface area contributed by atoms with Crippen LogP contribution in [0, 0.1) is 5.92 Å². The van der Waals surface area contributed by atoms with Crippen molar-refractivity contribution in [2.75, 3.05) is 18.5 Å². The van der Waals surface area contributed by atoms with Gasteiger partial charge in [0.1, 0.15) is 5.82 Å². The van der Waals surface area contributed by atoms with Crippen LogP contribution in [0.3, 0.4) is 0 Å². The zero-order valence-electron chi connectivity index (χ0n) is 10.5. The monoisotopic (exact) mass is 274 g/mol. The Morgan fingerprint density at radius 3 is 2.89 bits per heavy atom. The first-order valence-electron chi connectivity index (χ1n) is 6.20. The molecule has 0 radical (unpaired) electrons. The van der Waals surface area contributed by atoms with E-state index in [2.05, 4.69) is 10.4 Å². The molecule has 0 amide bonds. The number of halogens is 3. The smallest absolute Gasteiger partial charge is 0.308 e. The van der Waals surface area contributed by atoms with Gasteiger partial charge in [-0.05, 0) is 31.5 Å². The predicted octanol–water partition coefficient (Wildman–Crippen LogP) is 2.14. The van der Waals surface area contributed by atoms with Crippen molar-refractivity contribution in [1.29, 1.82) is 0 Å². The van der Waals surface area contributed by atoms with Gasteiger partial charge in [-0.25, -0.2) is 10.8 Å². The van der Waals surface area contributed by atoms with Gasteiger partial charge in [0.25, 0.3) is 0 Å². The van der Waals surface area contributed by atoms with Gasteiger partial charge < -0.3 is 5.43 Å². The number of hydrogen-bond donors (Lipinski definition) is 2. The van der Waals surface area contributed by atoms with Crippen LogP contribution in [0.2, 0.25) is 0 Å². The quantitative estimate of drug-likeness (QED) is 0.655. The van der Waals surface area contributed by atoms with E-state index in [1.54, 1.807) is 23.1 Å². The topological polar surface area (TPSA) is 54.2 Å². The Kier molecular flexibility index (Phi) is 4.26. The Morgan fingerprint density at radius 2 is 2.21 bits per heavy atom. The summed E-state index contributed by atoms with van der Waals surface area (Å²) in [4.78, 5) is 6.01. The maximum Gasteiger partial charge on any atom is 0.393 e. The van der Waals surface area contributed by atoms with E-state index < -0.39 is 12.1 Å². The fourth-order valence-corrected chi connectivity index (χ4v) is 2.34. The molecule has 1 aromatic heterocycles. The highest BCUT2D eigenvalue weighted by Crippen LogP contribution is 2.33. The van der Waals surface area contributed by atoms with Gasteiger partial charge in [-0.1, -0.05) is 6.07 Å². The number of nitrogens with zero attached hydrogens (tertiary/aromatic N) is 2. The molecule has 0 spiro atoms. The van der Waals surface area contributed by atoms with Gasteiger partial charge in [-0.2, -0.15) is 13.2 Å². The Labute approximate surface area is 109 Å². The number of aromatic nitrogens is 1. The molecule has 0 bridgehead atoms. The van der Waals surface area contributed by atoms with Crippen LogP contribution in [-0.2, 0) is 6.54 Å². The van der Waals surface area contributed by atoms with Crippen molar-refractivity contribution in [1.82, 2.24) is 9.88 Å². The Morgan fingerprint density at radius 1 is 1.42 bits per heavy atom. The lowest BCUT2D eigenvalue weighted by Gasteiger charge is -2.33. The maximum atomic E-state index is 12.7. The van der Waals surface area contributed by atoms with Gasteiger partial charge in [0, 0.05) is 13.1 Å². The van der Waals surface area contributed by atoms with Gasteiger partial charge in [-0.15, -0.1) is 0 Å². The number of pyridine rings is 1. The Hall–Kier alpha value is -1.34. The fourth-order valence-electron chi connectivity index (χ4n) is 2.34. The van der Waals surface area contributed by atoms with E-state index in [0.717, 1.165) is 5.69 Å². The number of hydrogen-bond acceptors (Lipinski definition) is 4. The molecule has 2 rings (SSSR count). The van der Waals surface area contributed by atoms with Crippen LogP contribution in [-0.4, -0.2) is 29.1 Å². The number of nitrogens with two attached hydrogens (primary N) is 1. The molecule has 1 aliphatic rings. The van der Waals surface area contributed by atoms with E-state index >= 15 is 0 Å². The summed E-state index contributed by atoms with van der Waals surface area (Å²) in [5.74, 6) is 4.55. The third-order valence-electron chi connectivity index (χ3n) is 3.31. The highest BCUT2D eigenvalue weighted by molar-refractivity contribution is 5.33. The molecule has 1 atom stereocenters. The van der Waals surface area contributed by atoms with Crippen molar-refractivity contribution >= 4 is 5.82 Å². The summed E-state index contributed by atoms with van der Waals surface area (Å²) in [6, 6.07) is 5.28. The average molecular weight is 274 g/mol. The SMILES string of the molecule is NNc1cccc(CN2CCCC(C(F)(F)F)C2)n1. The number of hydrazine groups is 1. The minimum Gasteiger partial charge on any atom is -0.308 e. The van der Waals surface area contributed by atoms with Crippen molar-refractivity contribution in [3.63, 3.8) is 0 Å². The van der Waals surface area contributed by atoms with E-state index in [4.69, 9.17) is 5.84 Å². The summed E-state index contributed by atoms with van der Waals surface area (Å²) < 4.78 is 38.1. The van der Waals surface area contributed by atoms with Gasteiger partial charge in [0.15, 0.2) is 0 Å².